The molecular weight excluding hydrogens is 348 g/mol. The summed E-state index contributed by atoms with van der Waals surface area (Å²) in [7, 11) is 0. The van der Waals surface area contributed by atoms with Crippen LogP contribution in [0.25, 0.3) is 6.08 Å². The van der Waals surface area contributed by atoms with E-state index in [1.807, 2.05) is 0 Å². The summed E-state index contributed by atoms with van der Waals surface area (Å²) in [6.07, 6.45) is 8.65. The Balaban J connectivity index is 1.51. The van der Waals surface area contributed by atoms with Crippen molar-refractivity contribution in [3.8, 4) is 0 Å². The summed E-state index contributed by atoms with van der Waals surface area (Å²) in [5.41, 5.74) is 2.01. The Kier molecular flexibility index (Phi) is 6.74. The molecule has 3 heterocycles. The molecule has 0 spiro atoms. The summed E-state index contributed by atoms with van der Waals surface area (Å²) in [6, 6.07) is 2.56. The smallest absolute Gasteiger partial charge is 0.330 e. The van der Waals surface area contributed by atoms with Crippen molar-refractivity contribution in [2.75, 3.05) is 25.0 Å². The largest absolute Gasteiger partial charge is 0.463 e. The quantitative estimate of drug-likeness (QED) is 0.595. The molecule has 1 aliphatic heterocycles. The Morgan fingerprint density at radius 3 is 3.12 bits per heavy atom. The van der Waals surface area contributed by atoms with Gasteiger partial charge in [-0.05, 0) is 54.8 Å². The van der Waals surface area contributed by atoms with Crippen molar-refractivity contribution in [2.24, 2.45) is 0 Å². The van der Waals surface area contributed by atoms with Crippen LogP contribution in [0.4, 0.5) is 5.82 Å². The minimum atomic E-state index is -0.371. The van der Waals surface area contributed by atoms with Crippen molar-refractivity contribution in [3.05, 3.63) is 46.6 Å². The molecule has 0 amide bonds. The highest BCUT2D eigenvalue weighted by atomic mass is 32.1. The second-order valence-electron chi connectivity index (χ2n) is 6.26. The average Bonchev–Trinajstić information content (AvgIpc) is 3.15. The average molecular weight is 372 g/mol. The highest BCUT2D eigenvalue weighted by molar-refractivity contribution is 7.07. The van der Waals surface area contributed by atoms with Gasteiger partial charge in [0.25, 0.3) is 0 Å². The first kappa shape index (κ1) is 18.5. The van der Waals surface area contributed by atoms with Crippen molar-refractivity contribution < 1.29 is 9.53 Å². The van der Waals surface area contributed by atoms with Crippen LogP contribution in [0.5, 0.6) is 0 Å². The number of piperidine rings is 1. The van der Waals surface area contributed by atoms with Gasteiger partial charge >= 0.3 is 5.97 Å². The summed E-state index contributed by atoms with van der Waals surface area (Å²) < 4.78 is 4.84. The number of carbonyl (C=O) groups excluding carboxylic acids is 1. The third-order valence-electron chi connectivity index (χ3n) is 4.19. The van der Waals surface area contributed by atoms with Crippen LogP contribution in [0.1, 0.15) is 31.0 Å². The van der Waals surface area contributed by atoms with Crippen molar-refractivity contribution in [1.29, 1.82) is 0 Å². The number of likely N-dealkylation sites (tertiary alicyclic amines) is 1. The van der Waals surface area contributed by atoms with Crippen molar-refractivity contribution >= 4 is 29.2 Å². The predicted octanol–water partition coefficient (Wildman–Crippen LogP) is 3.19. The van der Waals surface area contributed by atoms with Crippen LogP contribution < -0.4 is 5.32 Å². The van der Waals surface area contributed by atoms with Gasteiger partial charge in [0, 0.05) is 25.2 Å². The molecule has 3 rings (SSSR count). The van der Waals surface area contributed by atoms with Gasteiger partial charge in [-0.25, -0.2) is 9.78 Å². The molecule has 0 bridgehead atoms. The van der Waals surface area contributed by atoms with E-state index in [9.17, 15) is 4.79 Å². The molecular formula is C19H24N4O2S. The Bertz CT molecular complexity index is 716. The van der Waals surface area contributed by atoms with Crippen LogP contribution in [0.3, 0.4) is 0 Å². The van der Waals surface area contributed by atoms with Crippen LogP contribution in [0, 0.1) is 0 Å². The van der Waals surface area contributed by atoms with Crippen molar-refractivity contribution in [1.82, 2.24) is 14.9 Å². The molecule has 1 aliphatic rings. The topological polar surface area (TPSA) is 67.3 Å². The first-order valence-electron chi connectivity index (χ1n) is 8.90. The van der Waals surface area contributed by atoms with Crippen LogP contribution in [-0.4, -0.2) is 46.6 Å². The van der Waals surface area contributed by atoms with Gasteiger partial charge in [0.1, 0.15) is 5.82 Å². The van der Waals surface area contributed by atoms with Gasteiger partial charge in [0.05, 0.1) is 24.7 Å². The van der Waals surface area contributed by atoms with Crippen LogP contribution in [-0.2, 0) is 16.1 Å². The molecule has 6 nitrogen and oxygen atoms in total. The molecule has 0 aromatic carbocycles. The molecule has 0 aliphatic carbocycles. The molecule has 1 atom stereocenters. The zero-order valence-electron chi connectivity index (χ0n) is 14.9. The highest BCUT2D eigenvalue weighted by Gasteiger charge is 2.20. The summed E-state index contributed by atoms with van der Waals surface area (Å²) in [6.45, 7) is 5.28. The van der Waals surface area contributed by atoms with E-state index in [0.717, 1.165) is 31.9 Å². The van der Waals surface area contributed by atoms with Crippen molar-refractivity contribution in [2.45, 2.75) is 32.4 Å². The zero-order chi connectivity index (χ0) is 18.2. The molecule has 1 fully saturated rings. The Morgan fingerprint density at radius 1 is 1.46 bits per heavy atom. The van der Waals surface area contributed by atoms with E-state index in [1.165, 1.54) is 18.1 Å². The maximum absolute atomic E-state index is 11.3. The van der Waals surface area contributed by atoms with Gasteiger partial charge in [-0.3, -0.25) is 9.88 Å². The number of thiophene rings is 1. The molecule has 0 saturated carbocycles. The summed E-state index contributed by atoms with van der Waals surface area (Å²) in [4.78, 5) is 22.5. The van der Waals surface area contributed by atoms with E-state index in [1.54, 1.807) is 36.7 Å². The van der Waals surface area contributed by atoms with Crippen LogP contribution >= 0.6 is 11.3 Å². The van der Waals surface area contributed by atoms with Gasteiger partial charge in [-0.1, -0.05) is 0 Å². The van der Waals surface area contributed by atoms with Crippen LogP contribution in [0.15, 0.2) is 35.3 Å². The van der Waals surface area contributed by atoms with Gasteiger partial charge in [-0.2, -0.15) is 11.3 Å². The number of aromatic nitrogens is 2. The van der Waals surface area contributed by atoms with Gasteiger partial charge in [-0.15, -0.1) is 0 Å². The van der Waals surface area contributed by atoms with E-state index >= 15 is 0 Å². The number of hydrogen-bond acceptors (Lipinski definition) is 7. The fraction of sp³-hybridized carbons (Fsp3) is 0.421. The summed E-state index contributed by atoms with van der Waals surface area (Å²) >= 11 is 1.75. The normalized spacial score (nSPS) is 18.1. The molecule has 1 N–H and O–H groups in total. The Labute approximate surface area is 157 Å². The van der Waals surface area contributed by atoms with Gasteiger partial charge < -0.3 is 10.1 Å². The number of esters is 1. The SMILES string of the molecule is CCOC(=O)/C=C/c1cnc(N[C@@H]2CCCN(Cc3ccsc3)C2)cn1. The molecule has 26 heavy (non-hydrogen) atoms. The lowest BCUT2D eigenvalue weighted by atomic mass is 10.1. The first-order valence-corrected chi connectivity index (χ1v) is 9.84. The maximum Gasteiger partial charge on any atom is 0.330 e. The minimum absolute atomic E-state index is 0.364. The summed E-state index contributed by atoms with van der Waals surface area (Å²) in [5, 5.41) is 7.82. The van der Waals surface area contributed by atoms with E-state index in [-0.39, 0.29) is 5.97 Å². The van der Waals surface area contributed by atoms with Gasteiger partial charge in [0.15, 0.2) is 0 Å². The number of nitrogens with one attached hydrogen (secondary N) is 1. The van der Waals surface area contributed by atoms with E-state index < -0.39 is 0 Å². The number of ether oxygens (including phenoxy) is 1. The fourth-order valence-corrected chi connectivity index (χ4v) is 3.67. The minimum Gasteiger partial charge on any atom is -0.463 e. The number of carbonyl (C=O) groups is 1. The third kappa shape index (κ3) is 5.64. The van der Waals surface area contributed by atoms with E-state index in [4.69, 9.17) is 4.74 Å². The lowest BCUT2D eigenvalue weighted by Crippen LogP contribution is -2.41. The molecule has 1 saturated heterocycles. The van der Waals surface area contributed by atoms with E-state index in [0.29, 0.717) is 18.3 Å². The Morgan fingerprint density at radius 2 is 2.38 bits per heavy atom. The number of hydrogen-bond donors (Lipinski definition) is 1. The second-order valence-corrected chi connectivity index (χ2v) is 7.04. The molecule has 138 valence electrons. The number of rotatable bonds is 7. The Hall–Kier alpha value is -2.25. The summed E-state index contributed by atoms with van der Waals surface area (Å²) in [5.74, 6) is 0.394. The molecule has 7 heteroatoms. The number of nitrogens with zero attached hydrogens (tertiary/aromatic N) is 3. The second kappa shape index (κ2) is 9.45. The number of anilines is 1. The lowest BCUT2D eigenvalue weighted by molar-refractivity contribution is -0.137. The zero-order valence-corrected chi connectivity index (χ0v) is 15.7. The maximum atomic E-state index is 11.3. The highest BCUT2D eigenvalue weighted by Crippen LogP contribution is 2.18. The molecule has 2 aromatic rings. The third-order valence-corrected chi connectivity index (χ3v) is 4.92. The molecule has 0 radical (unpaired) electrons. The molecule has 0 unspecified atom stereocenters. The van der Waals surface area contributed by atoms with Crippen LogP contribution in [0.2, 0.25) is 0 Å². The van der Waals surface area contributed by atoms with Gasteiger partial charge in [0.2, 0.25) is 0 Å². The predicted molar refractivity (Wildman–Crippen MR) is 104 cm³/mol. The lowest BCUT2D eigenvalue weighted by Gasteiger charge is -2.33. The molecule has 2 aromatic heterocycles. The monoisotopic (exact) mass is 372 g/mol. The van der Waals surface area contributed by atoms with E-state index in [2.05, 4.69) is 37.0 Å². The standard InChI is InChI=1S/C19H24N4O2S/c1-2-25-19(24)6-5-16-10-21-18(11-20-16)22-17-4-3-8-23(13-17)12-15-7-9-26-14-15/h5-7,9-11,14,17H,2-4,8,12-13H2,1H3,(H,21,22)/b6-5+/t17-/m1/s1. The fourth-order valence-electron chi connectivity index (χ4n) is 3.01. The first-order chi connectivity index (χ1) is 12.7. The van der Waals surface area contributed by atoms with Crippen molar-refractivity contribution in [3.63, 3.8) is 0 Å².